The van der Waals surface area contributed by atoms with Gasteiger partial charge in [-0.2, -0.15) is 5.10 Å². The zero-order valence-corrected chi connectivity index (χ0v) is 6.25. The molecule has 2 rings (SSSR count). The van der Waals surface area contributed by atoms with Crippen LogP contribution in [0.4, 0.5) is 0 Å². The first-order chi connectivity index (χ1) is 5.40. The zero-order valence-electron chi connectivity index (χ0n) is 6.25. The molecule has 2 heterocycles. The van der Waals surface area contributed by atoms with Crippen molar-refractivity contribution in [1.82, 2.24) is 15.1 Å². The Hall–Kier alpha value is -0.870. The summed E-state index contributed by atoms with van der Waals surface area (Å²) in [6, 6.07) is 1.94. The number of nitrogens with one attached hydrogen (secondary N) is 1. The largest absolute Gasteiger partial charge is 0.390 e. The number of aromatic nitrogens is 2. The van der Waals surface area contributed by atoms with Crippen molar-refractivity contribution in [2.24, 2.45) is 0 Å². The van der Waals surface area contributed by atoms with Crippen molar-refractivity contribution >= 4 is 0 Å². The van der Waals surface area contributed by atoms with Crippen LogP contribution in [0, 0.1) is 0 Å². The molecule has 4 heteroatoms. The molecule has 0 atom stereocenters. The molecule has 2 N–H and O–H groups in total. The Labute approximate surface area is 64.8 Å². The van der Waals surface area contributed by atoms with Gasteiger partial charge in [0.1, 0.15) is 0 Å². The number of nitrogens with zero attached hydrogens (tertiary/aromatic N) is 2. The molecule has 0 spiro atoms. The molecule has 0 saturated carbocycles. The SMILES string of the molecule is OCc1cc2n(n1)CCNC2. The number of rotatable bonds is 1. The topological polar surface area (TPSA) is 50.1 Å². The molecule has 0 bridgehead atoms. The first-order valence-corrected chi connectivity index (χ1v) is 3.77. The fourth-order valence-electron chi connectivity index (χ4n) is 1.33. The minimum atomic E-state index is 0.0417. The molecule has 0 aromatic carbocycles. The molecule has 1 aliphatic rings. The fraction of sp³-hybridized carbons (Fsp3) is 0.571. The van der Waals surface area contributed by atoms with Crippen molar-refractivity contribution in [2.45, 2.75) is 19.7 Å². The van der Waals surface area contributed by atoms with E-state index in [1.165, 1.54) is 5.69 Å². The lowest BCUT2D eigenvalue weighted by Gasteiger charge is -2.13. The molecule has 0 aliphatic carbocycles. The maximum atomic E-state index is 8.79. The minimum Gasteiger partial charge on any atom is -0.390 e. The lowest BCUT2D eigenvalue weighted by atomic mass is 10.3. The van der Waals surface area contributed by atoms with Crippen molar-refractivity contribution in [1.29, 1.82) is 0 Å². The van der Waals surface area contributed by atoms with Crippen molar-refractivity contribution in [2.75, 3.05) is 6.54 Å². The monoisotopic (exact) mass is 153 g/mol. The molecule has 1 aromatic rings. The van der Waals surface area contributed by atoms with Crippen LogP contribution in [0.5, 0.6) is 0 Å². The molecular formula is C7H11N3O. The number of hydrogen-bond acceptors (Lipinski definition) is 3. The van der Waals surface area contributed by atoms with E-state index in [9.17, 15) is 0 Å². The molecule has 0 unspecified atom stereocenters. The van der Waals surface area contributed by atoms with E-state index in [0.29, 0.717) is 0 Å². The van der Waals surface area contributed by atoms with Crippen molar-refractivity contribution < 1.29 is 5.11 Å². The summed E-state index contributed by atoms with van der Waals surface area (Å²) in [7, 11) is 0. The van der Waals surface area contributed by atoms with Crippen LogP contribution in [-0.2, 0) is 19.7 Å². The van der Waals surface area contributed by atoms with Crippen LogP contribution in [0.3, 0.4) is 0 Å². The molecule has 60 valence electrons. The first kappa shape index (κ1) is 6.82. The van der Waals surface area contributed by atoms with E-state index >= 15 is 0 Å². The highest BCUT2D eigenvalue weighted by molar-refractivity contribution is 5.10. The minimum absolute atomic E-state index is 0.0417. The molecule has 0 amide bonds. The third kappa shape index (κ3) is 1.15. The van der Waals surface area contributed by atoms with Crippen molar-refractivity contribution in [3.8, 4) is 0 Å². The second-order valence-electron chi connectivity index (χ2n) is 2.69. The van der Waals surface area contributed by atoms with Gasteiger partial charge in [0.05, 0.1) is 24.5 Å². The van der Waals surface area contributed by atoms with Gasteiger partial charge in [0, 0.05) is 13.1 Å². The van der Waals surface area contributed by atoms with E-state index in [1.807, 2.05) is 10.7 Å². The van der Waals surface area contributed by atoms with Gasteiger partial charge in [-0.25, -0.2) is 0 Å². The number of aliphatic hydroxyl groups is 1. The standard InChI is InChI=1S/C7H11N3O/c11-5-6-3-7-4-8-1-2-10(7)9-6/h3,8,11H,1-2,4-5H2. The Morgan fingerprint density at radius 2 is 2.64 bits per heavy atom. The summed E-state index contributed by atoms with van der Waals surface area (Å²) in [5.41, 5.74) is 1.93. The summed E-state index contributed by atoms with van der Waals surface area (Å²) in [6.07, 6.45) is 0. The van der Waals surface area contributed by atoms with E-state index in [1.54, 1.807) is 0 Å². The maximum Gasteiger partial charge on any atom is 0.0882 e. The van der Waals surface area contributed by atoms with Crippen LogP contribution in [0.15, 0.2) is 6.07 Å². The lowest BCUT2D eigenvalue weighted by molar-refractivity contribution is 0.275. The van der Waals surface area contributed by atoms with Crippen LogP contribution in [0.25, 0.3) is 0 Å². The van der Waals surface area contributed by atoms with Gasteiger partial charge >= 0.3 is 0 Å². The third-order valence-electron chi connectivity index (χ3n) is 1.88. The van der Waals surface area contributed by atoms with Crippen LogP contribution >= 0.6 is 0 Å². The third-order valence-corrected chi connectivity index (χ3v) is 1.88. The second kappa shape index (κ2) is 2.64. The number of hydrogen-bond donors (Lipinski definition) is 2. The van der Waals surface area contributed by atoms with E-state index < -0.39 is 0 Å². The highest BCUT2D eigenvalue weighted by Gasteiger charge is 2.09. The summed E-state index contributed by atoms with van der Waals surface area (Å²) >= 11 is 0. The van der Waals surface area contributed by atoms with Crippen LogP contribution in [0.1, 0.15) is 11.4 Å². The fourth-order valence-corrected chi connectivity index (χ4v) is 1.33. The average molecular weight is 153 g/mol. The second-order valence-corrected chi connectivity index (χ2v) is 2.69. The first-order valence-electron chi connectivity index (χ1n) is 3.77. The molecule has 0 radical (unpaired) electrons. The van der Waals surface area contributed by atoms with Crippen LogP contribution in [0.2, 0.25) is 0 Å². The molecule has 1 aliphatic heterocycles. The normalized spacial score (nSPS) is 16.5. The van der Waals surface area contributed by atoms with Gasteiger partial charge in [-0.3, -0.25) is 4.68 Å². The lowest BCUT2D eigenvalue weighted by Crippen LogP contribution is -2.28. The molecule has 0 fully saturated rings. The Bertz CT molecular complexity index is 233. The van der Waals surface area contributed by atoms with Gasteiger partial charge in [0.15, 0.2) is 0 Å². The smallest absolute Gasteiger partial charge is 0.0882 e. The summed E-state index contributed by atoms with van der Waals surface area (Å²) in [5, 5.41) is 16.2. The summed E-state index contributed by atoms with van der Waals surface area (Å²) in [6.45, 7) is 2.79. The molecule has 1 aromatic heterocycles. The Kier molecular flexibility index (Phi) is 1.63. The Balaban J connectivity index is 2.32. The van der Waals surface area contributed by atoms with E-state index in [4.69, 9.17) is 5.11 Å². The van der Waals surface area contributed by atoms with Crippen molar-refractivity contribution in [3.05, 3.63) is 17.5 Å². The Morgan fingerprint density at radius 1 is 1.73 bits per heavy atom. The van der Waals surface area contributed by atoms with E-state index in [0.717, 1.165) is 25.3 Å². The zero-order chi connectivity index (χ0) is 7.68. The van der Waals surface area contributed by atoms with Crippen LogP contribution in [-0.4, -0.2) is 21.4 Å². The Morgan fingerprint density at radius 3 is 3.36 bits per heavy atom. The summed E-state index contributed by atoms with van der Waals surface area (Å²) in [4.78, 5) is 0. The molecule has 11 heavy (non-hydrogen) atoms. The molecule has 0 saturated heterocycles. The average Bonchev–Trinajstić information content (AvgIpc) is 2.46. The predicted octanol–water partition coefficient (Wildman–Crippen LogP) is -0.521. The maximum absolute atomic E-state index is 8.79. The van der Waals surface area contributed by atoms with Crippen LogP contribution < -0.4 is 5.32 Å². The van der Waals surface area contributed by atoms with E-state index in [-0.39, 0.29) is 6.61 Å². The molecule has 4 nitrogen and oxygen atoms in total. The van der Waals surface area contributed by atoms with Gasteiger partial charge in [-0.15, -0.1) is 0 Å². The highest BCUT2D eigenvalue weighted by Crippen LogP contribution is 2.06. The predicted molar refractivity (Wildman–Crippen MR) is 39.9 cm³/mol. The number of aliphatic hydroxyl groups excluding tert-OH is 1. The van der Waals surface area contributed by atoms with Gasteiger partial charge in [0.25, 0.3) is 0 Å². The van der Waals surface area contributed by atoms with Crippen molar-refractivity contribution in [3.63, 3.8) is 0 Å². The highest BCUT2D eigenvalue weighted by atomic mass is 16.3. The quantitative estimate of drug-likeness (QED) is 0.570. The van der Waals surface area contributed by atoms with Gasteiger partial charge in [-0.05, 0) is 6.07 Å². The van der Waals surface area contributed by atoms with Gasteiger partial charge < -0.3 is 10.4 Å². The number of fused-ring (bicyclic) bond motifs is 1. The summed E-state index contributed by atoms with van der Waals surface area (Å²) < 4.78 is 1.95. The molecular weight excluding hydrogens is 142 g/mol. The van der Waals surface area contributed by atoms with Gasteiger partial charge in [0.2, 0.25) is 0 Å². The summed E-state index contributed by atoms with van der Waals surface area (Å²) in [5.74, 6) is 0. The van der Waals surface area contributed by atoms with Gasteiger partial charge in [-0.1, -0.05) is 0 Å². The van der Waals surface area contributed by atoms with E-state index in [2.05, 4.69) is 10.4 Å².